The van der Waals surface area contributed by atoms with Crippen molar-refractivity contribution in [3.8, 4) is 17.2 Å². The quantitative estimate of drug-likeness (QED) is 0.578. The van der Waals surface area contributed by atoms with Crippen LogP contribution in [-0.4, -0.2) is 33.8 Å². The molecule has 7 nitrogen and oxygen atoms in total. The number of aryl methyl sites for hydroxylation is 1. The molecule has 0 radical (unpaired) electrons. The summed E-state index contributed by atoms with van der Waals surface area (Å²) in [6, 6.07) is 16.4. The Morgan fingerprint density at radius 2 is 1.87 bits per heavy atom. The molecule has 1 aromatic heterocycles. The fraction of sp³-hybridized carbons (Fsp3) is 0.182. The number of ketones is 1. The summed E-state index contributed by atoms with van der Waals surface area (Å²) >= 11 is 0.995. The van der Waals surface area contributed by atoms with Gasteiger partial charge in [-0.1, -0.05) is 42.1 Å². The Kier molecular flexibility index (Phi) is 5.67. The van der Waals surface area contributed by atoms with Crippen molar-refractivity contribution < 1.29 is 23.5 Å². The Bertz CT molecular complexity index is 1090. The van der Waals surface area contributed by atoms with Crippen LogP contribution in [0.1, 0.15) is 21.8 Å². The molecule has 4 rings (SSSR count). The molecule has 1 saturated heterocycles. The molecule has 1 aliphatic rings. The molecule has 2 heterocycles. The van der Waals surface area contributed by atoms with Gasteiger partial charge in [0, 0.05) is 5.56 Å². The van der Waals surface area contributed by atoms with E-state index in [1.165, 1.54) is 0 Å². The number of imide groups is 1. The van der Waals surface area contributed by atoms with Gasteiger partial charge in [-0.15, -0.1) is 0 Å². The molecular weight excluding hydrogens is 404 g/mol. The zero-order chi connectivity index (χ0) is 21.1. The molecule has 8 heteroatoms. The molecule has 2 amide bonds. The predicted molar refractivity (Wildman–Crippen MR) is 112 cm³/mol. The number of ether oxygens (including phenoxy) is 1. The van der Waals surface area contributed by atoms with Gasteiger partial charge in [-0.2, -0.15) is 0 Å². The highest BCUT2D eigenvalue weighted by molar-refractivity contribution is 8.15. The smallest absolute Gasteiger partial charge is 0.286 e. The summed E-state index contributed by atoms with van der Waals surface area (Å²) in [6.07, 6.45) is 0.446. The summed E-state index contributed by atoms with van der Waals surface area (Å²) in [5.74, 6) is 0.817. The molecule has 0 bridgehead atoms. The van der Waals surface area contributed by atoms with Gasteiger partial charge >= 0.3 is 0 Å². The molecule has 1 unspecified atom stereocenters. The summed E-state index contributed by atoms with van der Waals surface area (Å²) in [6.45, 7) is 1.53. The first-order chi connectivity index (χ1) is 14.5. The van der Waals surface area contributed by atoms with Crippen LogP contribution in [0, 0.1) is 6.92 Å². The van der Waals surface area contributed by atoms with Crippen LogP contribution in [0.2, 0.25) is 0 Å². The Morgan fingerprint density at radius 3 is 2.53 bits per heavy atom. The fourth-order valence-electron chi connectivity index (χ4n) is 3.04. The van der Waals surface area contributed by atoms with Gasteiger partial charge in [-0.25, -0.2) is 4.98 Å². The van der Waals surface area contributed by atoms with Gasteiger partial charge in [-0.3, -0.25) is 19.7 Å². The van der Waals surface area contributed by atoms with Crippen molar-refractivity contribution in [1.29, 1.82) is 0 Å². The number of thioether (sulfide) groups is 1. The van der Waals surface area contributed by atoms with E-state index >= 15 is 0 Å². The molecule has 30 heavy (non-hydrogen) atoms. The lowest BCUT2D eigenvalue weighted by Crippen LogP contribution is -2.25. The molecule has 1 aliphatic heterocycles. The average molecular weight is 422 g/mol. The number of hydrogen-bond donors (Lipinski definition) is 1. The Morgan fingerprint density at radius 1 is 1.13 bits per heavy atom. The van der Waals surface area contributed by atoms with Crippen LogP contribution in [0.25, 0.3) is 11.5 Å². The molecule has 2 aromatic carbocycles. The second kappa shape index (κ2) is 8.54. The third-order valence-electron chi connectivity index (χ3n) is 4.56. The minimum atomic E-state index is -0.417. The van der Waals surface area contributed by atoms with Crippen molar-refractivity contribution >= 4 is 28.7 Å². The topological polar surface area (TPSA) is 98.5 Å². The van der Waals surface area contributed by atoms with Gasteiger partial charge in [0.2, 0.25) is 17.6 Å². The Labute approximate surface area is 176 Å². The van der Waals surface area contributed by atoms with Crippen molar-refractivity contribution in [3.63, 3.8) is 0 Å². The number of carbonyl (C=O) groups is 3. The first-order valence-electron chi connectivity index (χ1n) is 9.29. The van der Waals surface area contributed by atoms with Gasteiger partial charge in [0.15, 0.2) is 12.3 Å². The lowest BCUT2D eigenvalue weighted by Gasteiger charge is -2.08. The number of nitrogens with one attached hydrogen (secondary N) is 1. The van der Waals surface area contributed by atoms with Crippen molar-refractivity contribution in [2.45, 2.75) is 18.6 Å². The Balaban J connectivity index is 1.36. The lowest BCUT2D eigenvalue weighted by atomic mass is 10.1. The minimum Gasteiger partial charge on any atom is -0.485 e. The first kappa shape index (κ1) is 19.9. The molecule has 0 saturated carbocycles. The summed E-state index contributed by atoms with van der Waals surface area (Å²) in [7, 11) is 0. The van der Waals surface area contributed by atoms with Crippen molar-refractivity contribution in [3.05, 3.63) is 71.6 Å². The third kappa shape index (κ3) is 4.44. The second-order valence-electron chi connectivity index (χ2n) is 6.73. The number of carbonyl (C=O) groups excluding carboxylic acids is 3. The highest BCUT2D eigenvalue weighted by atomic mass is 32.2. The van der Waals surface area contributed by atoms with E-state index in [9.17, 15) is 14.4 Å². The maximum atomic E-state index is 12.5. The van der Waals surface area contributed by atoms with Crippen molar-refractivity contribution in [2.75, 3.05) is 6.61 Å². The number of nitrogens with zero attached hydrogens (tertiary/aromatic N) is 1. The average Bonchev–Trinajstić information content (AvgIpc) is 3.29. The van der Waals surface area contributed by atoms with Crippen LogP contribution < -0.4 is 10.1 Å². The van der Waals surface area contributed by atoms with Gasteiger partial charge in [0.25, 0.3) is 5.24 Å². The maximum absolute atomic E-state index is 12.5. The number of benzene rings is 2. The third-order valence-corrected chi connectivity index (χ3v) is 5.54. The normalized spacial score (nSPS) is 15.8. The zero-order valence-electron chi connectivity index (χ0n) is 16.1. The van der Waals surface area contributed by atoms with Crippen molar-refractivity contribution in [1.82, 2.24) is 10.3 Å². The largest absolute Gasteiger partial charge is 0.485 e. The van der Waals surface area contributed by atoms with Gasteiger partial charge in [0.05, 0.1) is 5.25 Å². The molecular formula is C22H18N2O5S. The summed E-state index contributed by atoms with van der Waals surface area (Å²) < 4.78 is 11.2. The van der Waals surface area contributed by atoms with E-state index in [0.717, 1.165) is 22.9 Å². The Hall–Kier alpha value is -3.39. The second-order valence-corrected chi connectivity index (χ2v) is 7.91. The molecule has 0 aliphatic carbocycles. The van der Waals surface area contributed by atoms with Gasteiger partial charge in [0.1, 0.15) is 11.5 Å². The van der Waals surface area contributed by atoms with Gasteiger partial charge < -0.3 is 9.15 Å². The standard InChI is InChI=1S/C22H18N2O5S/c1-13-19(23-21(29-13)15-5-3-2-4-6-15)17(25)12-28-16-9-7-14(8-10-16)11-18-20(26)24-22(27)30-18/h2-10,18H,11-12H2,1H3,(H,24,26,27). The van der Waals surface area contributed by atoms with E-state index in [2.05, 4.69) is 10.3 Å². The number of amides is 2. The van der Waals surface area contributed by atoms with Crippen LogP contribution >= 0.6 is 11.8 Å². The lowest BCUT2D eigenvalue weighted by molar-refractivity contribution is -0.118. The van der Waals surface area contributed by atoms with E-state index < -0.39 is 5.25 Å². The number of hydrogen-bond acceptors (Lipinski definition) is 7. The van der Waals surface area contributed by atoms with E-state index in [0.29, 0.717) is 23.8 Å². The highest BCUT2D eigenvalue weighted by Gasteiger charge is 2.31. The minimum absolute atomic E-state index is 0.170. The van der Waals surface area contributed by atoms with Crippen LogP contribution in [0.5, 0.6) is 5.75 Å². The van der Waals surface area contributed by atoms with E-state index in [1.807, 2.05) is 42.5 Å². The van der Waals surface area contributed by atoms with E-state index in [1.54, 1.807) is 19.1 Å². The van der Waals surface area contributed by atoms with Crippen LogP contribution in [0.15, 0.2) is 59.0 Å². The summed E-state index contributed by atoms with van der Waals surface area (Å²) in [4.78, 5) is 39.7. The highest BCUT2D eigenvalue weighted by Crippen LogP contribution is 2.24. The molecule has 1 N–H and O–H groups in total. The predicted octanol–water partition coefficient (Wildman–Crippen LogP) is 3.81. The first-order valence-corrected chi connectivity index (χ1v) is 10.2. The van der Waals surface area contributed by atoms with E-state index in [-0.39, 0.29) is 29.2 Å². The SMILES string of the molecule is Cc1oc(-c2ccccc2)nc1C(=O)COc1ccc(CC2SC(=O)NC2=O)cc1. The maximum Gasteiger partial charge on any atom is 0.286 e. The molecule has 152 valence electrons. The number of aromatic nitrogens is 1. The zero-order valence-corrected chi connectivity index (χ0v) is 16.9. The molecule has 0 spiro atoms. The van der Waals surface area contributed by atoms with Gasteiger partial charge in [-0.05, 0) is 43.2 Å². The van der Waals surface area contributed by atoms with Crippen LogP contribution in [-0.2, 0) is 11.2 Å². The molecule has 1 atom stereocenters. The summed E-state index contributed by atoms with van der Waals surface area (Å²) in [5, 5.41) is 1.54. The monoisotopic (exact) mass is 422 g/mol. The van der Waals surface area contributed by atoms with Crippen LogP contribution in [0.3, 0.4) is 0 Å². The van der Waals surface area contributed by atoms with Crippen molar-refractivity contribution in [2.24, 2.45) is 0 Å². The van der Waals surface area contributed by atoms with Crippen LogP contribution in [0.4, 0.5) is 4.79 Å². The fourth-order valence-corrected chi connectivity index (χ4v) is 3.90. The summed E-state index contributed by atoms with van der Waals surface area (Å²) in [5.41, 5.74) is 1.95. The molecule has 1 fully saturated rings. The number of rotatable bonds is 7. The number of Topliss-reactive ketones (excluding diaryl/α,β-unsaturated/α-hetero) is 1. The van der Waals surface area contributed by atoms with E-state index in [4.69, 9.17) is 9.15 Å². The number of oxazole rings is 1. The molecule has 3 aromatic rings.